The van der Waals surface area contributed by atoms with Crippen LogP contribution in [0.25, 0.3) is 0 Å². The zero-order chi connectivity index (χ0) is 18.5. The number of hydrogen-bond donors (Lipinski definition) is 1. The first-order valence-electron chi connectivity index (χ1n) is 8.64. The highest BCUT2D eigenvalue weighted by Gasteiger charge is 2.20. The monoisotopic (exact) mass is 392 g/mol. The van der Waals surface area contributed by atoms with Gasteiger partial charge in [0.15, 0.2) is 11.1 Å². The minimum atomic E-state index is 0.686. The number of guanidine groups is 1. The predicted octanol–water partition coefficient (Wildman–Crippen LogP) is 2.76. The number of thiazole rings is 1. The summed E-state index contributed by atoms with van der Waals surface area (Å²) in [4.78, 5) is 15.7. The summed E-state index contributed by atoms with van der Waals surface area (Å²) >= 11 is 7.77. The Hall–Kier alpha value is -1.99. The van der Waals surface area contributed by atoms with Gasteiger partial charge in [-0.3, -0.25) is 4.99 Å². The van der Waals surface area contributed by atoms with Gasteiger partial charge in [0, 0.05) is 63.4 Å². The second kappa shape index (κ2) is 8.60. The van der Waals surface area contributed by atoms with Gasteiger partial charge in [0.25, 0.3) is 0 Å². The first-order valence-corrected chi connectivity index (χ1v) is 9.90. The van der Waals surface area contributed by atoms with Gasteiger partial charge in [-0.25, -0.2) is 4.98 Å². The number of rotatable bonds is 4. The molecule has 0 radical (unpaired) electrons. The minimum Gasteiger partial charge on any atom is -0.368 e. The zero-order valence-corrected chi connectivity index (χ0v) is 17.0. The van der Waals surface area contributed by atoms with Crippen molar-refractivity contribution in [2.24, 2.45) is 4.99 Å². The Morgan fingerprint density at radius 3 is 2.69 bits per heavy atom. The Balaban J connectivity index is 1.53. The van der Waals surface area contributed by atoms with Crippen LogP contribution in [0.1, 0.15) is 5.69 Å². The van der Waals surface area contributed by atoms with E-state index in [-0.39, 0.29) is 0 Å². The van der Waals surface area contributed by atoms with Crippen LogP contribution in [-0.2, 0) is 6.54 Å². The van der Waals surface area contributed by atoms with Crippen LogP contribution in [0.2, 0.25) is 5.02 Å². The summed E-state index contributed by atoms with van der Waals surface area (Å²) in [6.45, 7) is 4.43. The average Bonchev–Trinajstić information content (AvgIpc) is 3.12. The third-order valence-electron chi connectivity index (χ3n) is 4.31. The Kier molecular flexibility index (Phi) is 6.21. The van der Waals surface area contributed by atoms with E-state index >= 15 is 0 Å². The van der Waals surface area contributed by atoms with Crippen LogP contribution in [0.15, 0.2) is 34.6 Å². The molecule has 0 saturated carbocycles. The summed E-state index contributed by atoms with van der Waals surface area (Å²) in [5.41, 5.74) is 2.22. The van der Waals surface area contributed by atoms with Gasteiger partial charge in [-0.1, -0.05) is 17.7 Å². The molecule has 8 heteroatoms. The van der Waals surface area contributed by atoms with E-state index < -0.39 is 0 Å². The molecule has 1 aromatic heterocycles. The van der Waals surface area contributed by atoms with Crippen molar-refractivity contribution in [3.8, 4) is 0 Å². The van der Waals surface area contributed by atoms with Crippen molar-refractivity contribution < 1.29 is 0 Å². The van der Waals surface area contributed by atoms with Crippen LogP contribution in [0.4, 0.5) is 10.8 Å². The van der Waals surface area contributed by atoms with Crippen molar-refractivity contribution >= 4 is 39.7 Å². The first kappa shape index (κ1) is 18.8. The lowest BCUT2D eigenvalue weighted by molar-refractivity contribution is 0.372. The fourth-order valence-electron chi connectivity index (χ4n) is 2.93. The quantitative estimate of drug-likeness (QED) is 0.640. The van der Waals surface area contributed by atoms with Crippen LogP contribution in [-0.4, -0.2) is 63.2 Å². The molecule has 140 valence electrons. The predicted molar refractivity (Wildman–Crippen MR) is 112 cm³/mol. The highest BCUT2D eigenvalue weighted by atomic mass is 35.5. The maximum atomic E-state index is 6.11. The van der Waals surface area contributed by atoms with Crippen LogP contribution >= 0.6 is 22.9 Å². The van der Waals surface area contributed by atoms with E-state index in [0.29, 0.717) is 6.54 Å². The summed E-state index contributed by atoms with van der Waals surface area (Å²) in [6, 6.07) is 8.04. The number of hydrogen-bond acceptors (Lipinski definition) is 5. The zero-order valence-electron chi connectivity index (χ0n) is 15.4. The lowest BCUT2D eigenvalue weighted by atomic mass is 10.2. The van der Waals surface area contributed by atoms with Gasteiger partial charge < -0.3 is 20.0 Å². The van der Waals surface area contributed by atoms with E-state index in [4.69, 9.17) is 11.6 Å². The summed E-state index contributed by atoms with van der Waals surface area (Å²) in [6.07, 6.45) is 0. The lowest BCUT2D eigenvalue weighted by Gasteiger charge is -2.37. The smallest absolute Gasteiger partial charge is 0.194 e. The van der Waals surface area contributed by atoms with E-state index in [0.717, 1.165) is 48.0 Å². The van der Waals surface area contributed by atoms with Gasteiger partial charge in [-0.15, -0.1) is 11.3 Å². The third-order valence-corrected chi connectivity index (χ3v) is 5.61. The fourth-order valence-corrected chi connectivity index (χ4v) is 3.88. The maximum Gasteiger partial charge on any atom is 0.194 e. The number of aliphatic imine (C=N–C) groups is 1. The standard InChI is InChI=1S/C18H25ClN6S/c1-20-17(21-12-15-13-26-18(22-15)23(2)3)25-9-7-24(8-10-25)16-6-4-5-14(19)11-16/h4-6,11,13H,7-10,12H2,1-3H3,(H,20,21). The number of halogens is 1. The molecule has 0 spiro atoms. The summed E-state index contributed by atoms with van der Waals surface area (Å²) in [5, 5.41) is 7.32. The molecule has 0 bridgehead atoms. The SMILES string of the molecule is CN=C(NCc1csc(N(C)C)n1)N1CCN(c2cccc(Cl)c2)CC1. The van der Waals surface area contributed by atoms with Crippen LogP contribution in [0.3, 0.4) is 0 Å². The molecule has 1 fully saturated rings. The van der Waals surface area contributed by atoms with Gasteiger partial charge >= 0.3 is 0 Å². The number of piperazine rings is 1. The van der Waals surface area contributed by atoms with Gasteiger partial charge in [0.2, 0.25) is 0 Å². The maximum absolute atomic E-state index is 6.11. The largest absolute Gasteiger partial charge is 0.368 e. The van der Waals surface area contributed by atoms with Gasteiger partial charge in [-0.05, 0) is 18.2 Å². The highest BCUT2D eigenvalue weighted by Crippen LogP contribution is 2.21. The molecule has 0 amide bonds. The fraction of sp³-hybridized carbons (Fsp3) is 0.444. The minimum absolute atomic E-state index is 0.686. The lowest BCUT2D eigenvalue weighted by Crippen LogP contribution is -2.52. The van der Waals surface area contributed by atoms with E-state index in [1.54, 1.807) is 11.3 Å². The molecule has 2 aromatic rings. The summed E-state index contributed by atoms with van der Waals surface area (Å²) in [5.74, 6) is 0.926. The molecule has 0 unspecified atom stereocenters. The highest BCUT2D eigenvalue weighted by molar-refractivity contribution is 7.13. The second-order valence-electron chi connectivity index (χ2n) is 6.37. The van der Waals surface area contributed by atoms with Crippen LogP contribution < -0.4 is 15.1 Å². The third kappa shape index (κ3) is 4.59. The molecule has 2 heterocycles. The average molecular weight is 393 g/mol. The van der Waals surface area contributed by atoms with Crippen LogP contribution in [0.5, 0.6) is 0 Å². The normalized spacial score (nSPS) is 15.3. The summed E-state index contributed by atoms with van der Waals surface area (Å²) in [7, 11) is 5.85. The number of benzene rings is 1. The van der Waals surface area contributed by atoms with Crippen molar-refractivity contribution in [2.45, 2.75) is 6.54 Å². The molecule has 6 nitrogen and oxygen atoms in total. The molecule has 1 aliphatic heterocycles. The van der Waals surface area contributed by atoms with Gasteiger partial charge in [-0.2, -0.15) is 0 Å². The molecule has 1 saturated heterocycles. The second-order valence-corrected chi connectivity index (χ2v) is 7.64. The molecular formula is C18H25ClN6S. The molecule has 1 aromatic carbocycles. The Labute approximate surface area is 164 Å². The van der Waals surface area contributed by atoms with Crippen molar-refractivity contribution in [3.63, 3.8) is 0 Å². The molecule has 1 aliphatic rings. The van der Waals surface area contributed by atoms with Crippen molar-refractivity contribution in [2.75, 3.05) is 57.1 Å². The molecule has 1 N–H and O–H groups in total. The molecule has 3 rings (SSSR count). The Bertz CT molecular complexity index is 752. The molecule has 0 aliphatic carbocycles. The van der Waals surface area contributed by atoms with Gasteiger partial charge in [0.05, 0.1) is 12.2 Å². The van der Waals surface area contributed by atoms with Crippen molar-refractivity contribution in [3.05, 3.63) is 40.4 Å². The number of nitrogens with one attached hydrogen (secondary N) is 1. The first-order chi connectivity index (χ1) is 12.6. The van der Waals surface area contributed by atoms with E-state index in [1.165, 1.54) is 5.69 Å². The van der Waals surface area contributed by atoms with E-state index in [1.807, 2.05) is 44.2 Å². The van der Waals surface area contributed by atoms with Crippen molar-refractivity contribution in [1.82, 2.24) is 15.2 Å². The topological polar surface area (TPSA) is 47.0 Å². The molecular weight excluding hydrogens is 368 g/mol. The number of aromatic nitrogens is 1. The molecule has 26 heavy (non-hydrogen) atoms. The number of anilines is 2. The molecule has 0 atom stereocenters. The van der Waals surface area contributed by atoms with Crippen LogP contribution in [0, 0.1) is 0 Å². The summed E-state index contributed by atoms with van der Waals surface area (Å²) < 4.78 is 0. The Morgan fingerprint density at radius 2 is 2.08 bits per heavy atom. The van der Waals surface area contributed by atoms with Gasteiger partial charge in [0.1, 0.15) is 0 Å². The van der Waals surface area contributed by atoms with E-state index in [2.05, 4.69) is 36.5 Å². The van der Waals surface area contributed by atoms with Crippen molar-refractivity contribution in [1.29, 1.82) is 0 Å². The van der Waals surface area contributed by atoms with E-state index in [9.17, 15) is 0 Å². The Morgan fingerprint density at radius 1 is 1.31 bits per heavy atom. The number of nitrogens with zero attached hydrogens (tertiary/aromatic N) is 5.